The van der Waals surface area contributed by atoms with Gasteiger partial charge in [-0.1, -0.05) is 12.1 Å². The quantitative estimate of drug-likeness (QED) is 0.903. The molecule has 5 heteroatoms. The number of rotatable bonds is 2. The average molecular weight is 263 g/mol. The molecule has 0 saturated carbocycles. The third kappa shape index (κ3) is 1.74. The zero-order chi connectivity index (χ0) is 12.6. The molecule has 1 fully saturated rings. The van der Waals surface area contributed by atoms with Gasteiger partial charge >= 0.3 is 0 Å². The van der Waals surface area contributed by atoms with Crippen molar-refractivity contribution in [2.45, 2.75) is 18.8 Å². The standard InChI is InChI=1S/C13H14FN3S/c1-9-2-3-10(6-11(9)14)13(4-5-15-7-13)12-16-8-17-18-12/h2-3,6,8,15H,4-5,7H2,1H3. The van der Waals surface area contributed by atoms with Gasteiger partial charge in [-0.15, -0.1) is 0 Å². The number of nitrogens with zero attached hydrogens (tertiary/aromatic N) is 2. The predicted molar refractivity (Wildman–Crippen MR) is 69.3 cm³/mol. The second-order valence-electron chi connectivity index (χ2n) is 4.72. The molecule has 2 aromatic rings. The van der Waals surface area contributed by atoms with Crippen molar-refractivity contribution in [1.29, 1.82) is 0 Å². The molecular formula is C13H14FN3S. The Morgan fingerprint density at radius 3 is 2.94 bits per heavy atom. The van der Waals surface area contributed by atoms with Crippen molar-refractivity contribution in [3.8, 4) is 0 Å². The minimum absolute atomic E-state index is 0.150. The van der Waals surface area contributed by atoms with E-state index in [1.165, 1.54) is 11.5 Å². The lowest BCUT2D eigenvalue weighted by Gasteiger charge is -2.26. The fraction of sp³-hybridized carbons (Fsp3) is 0.385. The Kier molecular flexibility index (Phi) is 2.87. The molecule has 0 bridgehead atoms. The van der Waals surface area contributed by atoms with Crippen LogP contribution in [0.5, 0.6) is 0 Å². The number of nitrogens with one attached hydrogen (secondary N) is 1. The second kappa shape index (κ2) is 4.40. The summed E-state index contributed by atoms with van der Waals surface area (Å²) in [7, 11) is 0. The van der Waals surface area contributed by atoms with Crippen molar-refractivity contribution in [1.82, 2.24) is 14.7 Å². The summed E-state index contributed by atoms with van der Waals surface area (Å²) in [5.74, 6) is -0.150. The normalized spacial score (nSPS) is 23.4. The molecule has 1 aromatic carbocycles. The van der Waals surface area contributed by atoms with Crippen LogP contribution >= 0.6 is 11.5 Å². The van der Waals surface area contributed by atoms with Crippen molar-refractivity contribution >= 4 is 11.5 Å². The van der Waals surface area contributed by atoms with Crippen LogP contribution < -0.4 is 5.32 Å². The van der Waals surface area contributed by atoms with Crippen LogP contribution in [0.2, 0.25) is 0 Å². The first kappa shape index (κ1) is 11.7. The largest absolute Gasteiger partial charge is 0.315 e. The predicted octanol–water partition coefficient (Wildman–Crippen LogP) is 2.27. The molecule has 1 aromatic heterocycles. The summed E-state index contributed by atoms with van der Waals surface area (Å²) in [6, 6.07) is 5.49. The summed E-state index contributed by atoms with van der Waals surface area (Å²) in [5, 5.41) is 4.32. The maximum absolute atomic E-state index is 13.8. The first-order valence-corrected chi connectivity index (χ1v) is 6.74. The van der Waals surface area contributed by atoms with E-state index in [2.05, 4.69) is 14.7 Å². The molecule has 0 radical (unpaired) electrons. The molecule has 2 heterocycles. The van der Waals surface area contributed by atoms with E-state index in [1.54, 1.807) is 19.3 Å². The Morgan fingerprint density at radius 1 is 1.44 bits per heavy atom. The first-order chi connectivity index (χ1) is 8.72. The fourth-order valence-electron chi connectivity index (χ4n) is 2.52. The maximum atomic E-state index is 13.8. The molecule has 1 aliphatic heterocycles. The molecule has 1 saturated heterocycles. The lowest BCUT2D eigenvalue weighted by Crippen LogP contribution is -2.30. The van der Waals surface area contributed by atoms with Gasteiger partial charge in [-0.3, -0.25) is 0 Å². The fourth-order valence-corrected chi connectivity index (χ4v) is 3.27. The monoisotopic (exact) mass is 263 g/mol. The zero-order valence-corrected chi connectivity index (χ0v) is 10.9. The van der Waals surface area contributed by atoms with Gasteiger partial charge in [-0.25, -0.2) is 9.37 Å². The topological polar surface area (TPSA) is 37.8 Å². The third-order valence-corrected chi connectivity index (χ3v) is 4.52. The summed E-state index contributed by atoms with van der Waals surface area (Å²) < 4.78 is 17.9. The molecule has 3 nitrogen and oxygen atoms in total. The van der Waals surface area contributed by atoms with Crippen LogP contribution in [0.1, 0.15) is 22.6 Å². The number of aryl methyl sites for hydroxylation is 1. The van der Waals surface area contributed by atoms with Gasteiger partial charge in [0.1, 0.15) is 17.2 Å². The number of hydrogen-bond acceptors (Lipinski definition) is 4. The SMILES string of the molecule is Cc1ccc(C2(c3ncns3)CCNC2)cc1F. The van der Waals surface area contributed by atoms with Gasteiger partial charge in [-0.05, 0) is 48.6 Å². The van der Waals surface area contributed by atoms with Crippen LogP contribution in [0.3, 0.4) is 0 Å². The number of halogens is 1. The molecule has 0 spiro atoms. The lowest BCUT2D eigenvalue weighted by molar-refractivity contribution is 0.552. The van der Waals surface area contributed by atoms with E-state index >= 15 is 0 Å². The molecular weight excluding hydrogens is 249 g/mol. The van der Waals surface area contributed by atoms with E-state index < -0.39 is 0 Å². The van der Waals surface area contributed by atoms with Gasteiger partial charge in [-0.2, -0.15) is 4.37 Å². The van der Waals surface area contributed by atoms with E-state index in [0.717, 1.165) is 30.1 Å². The van der Waals surface area contributed by atoms with Gasteiger partial charge < -0.3 is 5.32 Å². The highest BCUT2D eigenvalue weighted by molar-refractivity contribution is 7.05. The molecule has 1 N–H and O–H groups in total. The van der Waals surface area contributed by atoms with Gasteiger partial charge in [0.15, 0.2) is 0 Å². The van der Waals surface area contributed by atoms with Crippen molar-refractivity contribution in [2.24, 2.45) is 0 Å². The highest BCUT2D eigenvalue weighted by Gasteiger charge is 2.40. The first-order valence-electron chi connectivity index (χ1n) is 5.97. The van der Waals surface area contributed by atoms with E-state index in [0.29, 0.717) is 5.56 Å². The number of aromatic nitrogens is 2. The summed E-state index contributed by atoms with van der Waals surface area (Å²) in [6.07, 6.45) is 2.51. The Hall–Kier alpha value is -1.33. The van der Waals surface area contributed by atoms with E-state index in [-0.39, 0.29) is 11.2 Å². The van der Waals surface area contributed by atoms with Crippen LogP contribution in [0, 0.1) is 12.7 Å². The zero-order valence-electron chi connectivity index (χ0n) is 10.1. The van der Waals surface area contributed by atoms with Gasteiger partial charge in [0.2, 0.25) is 0 Å². The third-order valence-electron chi connectivity index (χ3n) is 3.65. The van der Waals surface area contributed by atoms with Crippen molar-refractivity contribution < 1.29 is 4.39 Å². The summed E-state index contributed by atoms with van der Waals surface area (Å²) in [6.45, 7) is 3.50. The Labute approximate surface area is 109 Å². The molecule has 18 heavy (non-hydrogen) atoms. The van der Waals surface area contributed by atoms with Crippen LogP contribution in [0.25, 0.3) is 0 Å². The van der Waals surface area contributed by atoms with Gasteiger partial charge in [0.05, 0.1) is 5.41 Å². The second-order valence-corrected chi connectivity index (χ2v) is 5.50. The molecule has 1 unspecified atom stereocenters. The van der Waals surface area contributed by atoms with E-state index in [1.807, 2.05) is 12.1 Å². The average Bonchev–Trinajstić information content (AvgIpc) is 3.01. The van der Waals surface area contributed by atoms with Crippen molar-refractivity contribution in [2.75, 3.05) is 13.1 Å². The summed E-state index contributed by atoms with van der Waals surface area (Å²) in [5.41, 5.74) is 1.46. The smallest absolute Gasteiger partial charge is 0.129 e. The van der Waals surface area contributed by atoms with E-state index in [9.17, 15) is 4.39 Å². The summed E-state index contributed by atoms with van der Waals surface area (Å²) in [4.78, 5) is 4.34. The van der Waals surface area contributed by atoms with Crippen LogP contribution in [-0.2, 0) is 5.41 Å². The Bertz CT molecular complexity index is 547. The number of hydrogen-bond donors (Lipinski definition) is 1. The molecule has 0 amide bonds. The van der Waals surface area contributed by atoms with Crippen molar-refractivity contribution in [3.63, 3.8) is 0 Å². The van der Waals surface area contributed by atoms with Crippen molar-refractivity contribution in [3.05, 3.63) is 46.5 Å². The molecule has 3 rings (SSSR count). The molecule has 1 atom stereocenters. The van der Waals surface area contributed by atoms with Crippen LogP contribution in [-0.4, -0.2) is 22.4 Å². The van der Waals surface area contributed by atoms with E-state index in [4.69, 9.17) is 0 Å². The lowest BCUT2D eigenvalue weighted by atomic mass is 9.80. The molecule has 1 aliphatic rings. The Balaban J connectivity index is 2.12. The molecule has 94 valence electrons. The Morgan fingerprint density at radius 2 is 2.33 bits per heavy atom. The van der Waals surface area contributed by atoms with Crippen LogP contribution in [0.4, 0.5) is 4.39 Å². The minimum atomic E-state index is -0.213. The highest BCUT2D eigenvalue weighted by atomic mass is 32.1. The van der Waals surface area contributed by atoms with Gasteiger partial charge in [0, 0.05) is 6.54 Å². The molecule has 0 aliphatic carbocycles. The summed E-state index contributed by atoms with van der Waals surface area (Å²) >= 11 is 1.40. The maximum Gasteiger partial charge on any atom is 0.129 e. The number of benzene rings is 1. The van der Waals surface area contributed by atoms with Crippen LogP contribution in [0.15, 0.2) is 24.5 Å². The van der Waals surface area contributed by atoms with Gasteiger partial charge in [0.25, 0.3) is 0 Å². The minimum Gasteiger partial charge on any atom is -0.315 e. The highest BCUT2D eigenvalue weighted by Crippen LogP contribution is 2.38.